The molecule has 0 saturated heterocycles. The van der Waals surface area contributed by atoms with Crippen molar-refractivity contribution in [3.05, 3.63) is 30.6 Å². The monoisotopic (exact) mass is 202 g/mol. The molecular weight excluding hydrogens is 196 g/mol. The van der Waals surface area contributed by atoms with Crippen molar-refractivity contribution in [2.45, 2.75) is 4.90 Å². The highest BCUT2D eigenvalue weighted by Crippen LogP contribution is 2.33. The Morgan fingerprint density at radius 3 is 3.07 bits per heavy atom. The highest BCUT2D eigenvalue weighted by atomic mass is 32.2. The molecule has 0 saturated carbocycles. The van der Waals surface area contributed by atoms with E-state index in [1.54, 1.807) is 12.4 Å². The molecule has 0 fully saturated rings. The third-order valence-corrected chi connectivity index (χ3v) is 3.37. The molecule has 0 spiro atoms. The molecule has 0 amide bonds. The van der Waals surface area contributed by atoms with E-state index < -0.39 is 10.8 Å². The normalized spacial score (nSPS) is 18.7. The lowest BCUT2D eigenvalue weighted by atomic mass is 10.1. The zero-order valence-corrected chi connectivity index (χ0v) is 7.99. The second kappa shape index (κ2) is 2.72. The van der Waals surface area contributed by atoms with E-state index in [2.05, 4.69) is 9.98 Å². The van der Waals surface area contributed by atoms with Crippen LogP contribution in [0.25, 0.3) is 10.8 Å². The fourth-order valence-electron chi connectivity index (χ4n) is 1.59. The van der Waals surface area contributed by atoms with E-state index in [4.69, 9.17) is 0 Å². The molecule has 2 heterocycles. The van der Waals surface area contributed by atoms with Crippen LogP contribution in [-0.4, -0.2) is 14.7 Å². The minimum absolute atomic E-state index is 0.788. The van der Waals surface area contributed by atoms with Gasteiger partial charge in [-0.15, -0.1) is 0 Å². The van der Waals surface area contributed by atoms with Gasteiger partial charge >= 0.3 is 0 Å². The van der Waals surface area contributed by atoms with E-state index in [1.807, 2.05) is 18.2 Å². The Morgan fingerprint density at radius 2 is 2.14 bits per heavy atom. The fourth-order valence-corrected chi connectivity index (χ4v) is 2.62. The summed E-state index contributed by atoms with van der Waals surface area (Å²) in [6.07, 6.45) is 3.47. The molecule has 0 N–H and O–H groups in total. The van der Waals surface area contributed by atoms with Gasteiger partial charge in [0.1, 0.15) is 0 Å². The summed E-state index contributed by atoms with van der Waals surface area (Å²) >= 11 is 0. The number of nitrogens with zero attached hydrogens (tertiary/aromatic N) is 2. The van der Waals surface area contributed by atoms with Crippen molar-refractivity contribution >= 4 is 32.8 Å². The van der Waals surface area contributed by atoms with Crippen LogP contribution < -0.4 is 0 Å². The van der Waals surface area contributed by atoms with E-state index in [0.717, 1.165) is 21.4 Å². The van der Waals surface area contributed by atoms with Crippen LogP contribution in [0.2, 0.25) is 0 Å². The molecule has 1 unspecified atom stereocenters. The van der Waals surface area contributed by atoms with E-state index in [0.29, 0.717) is 0 Å². The molecule has 0 radical (unpaired) electrons. The molecule has 1 aliphatic heterocycles. The summed E-state index contributed by atoms with van der Waals surface area (Å²) in [6.45, 7) is 0. The van der Waals surface area contributed by atoms with E-state index in [1.165, 1.54) is 5.55 Å². The van der Waals surface area contributed by atoms with Crippen LogP contribution in [0.3, 0.4) is 0 Å². The summed E-state index contributed by atoms with van der Waals surface area (Å²) in [5, 5.41) is 1.98. The van der Waals surface area contributed by atoms with Crippen molar-refractivity contribution in [2.75, 3.05) is 0 Å². The maximum atomic E-state index is 11.6. The maximum absolute atomic E-state index is 11.6. The molecule has 4 heteroatoms. The Bertz CT molecular complexity index is 577. The minimum Gasteiger partial charge on any atom is -0.264 e. The van der Waals surface area contributed by atoms with Crippen LogP contribution in [-0.2, 0) is 10.8 Å². The first-order chi connectivity index (χ1) is 6.86. The summed E-state index contributed by atoms with van der Waals surface area (Å²) in [5.74, 6) is 0. The van der Waals surface area contributed by atoms with Crippen LogP contribution in [0.4, 0.5) is 5.69 Å². The predicted molar refractivity (Wildman–Crippen MR) is 56.3 cm³/mol. The molecule has 1 aromatic carbocycles. The van der Waals surface area contributed by atoms with Crippen LogP contribution in [0.5, 0.6) is 0 Å². The van der Waals surface area contributed by atoms with Crippen LogP contribution in [0, 0.1) is 0 Å². The molecule has 3 rings (SSSR count). The number of aromatic nitrogens is 1. The van der Waals surface area contributed by atoms with Crippen molar-refractivity contribution in [2.24, 2.45) is 4.99 Å². The van der Waals surface area contributed by atoms with Gasteiger partial charge in [-0.05, 0) is 17.5 Å². The minimum atomic E-state index is -1.10. The lowest BCUT2D eigenvalue weighted by Crippen LogP contribution is -1.88. The SMILES string of the molecule is O=S1C=Nc2ccc3ccncc3c21. The number of aliphatic imine (C=N–C) groups is 1. The lowest BCUT2D eigenvalue weighted by molar-refractivity contribution is 0.691. The summed E-state index contributed by atoms with van der Waals surface area (Å²) in [5.41, 5.74) is 2.26. The highest BCUT2D eigenvalue weighted by Gasteiger charge is 2.16. The van der Waals surface area contributed by atoms with Crippen LogP contribution in [0.15, 0.2) is 40.5 Å². The van der Waals surface area contributed by atoms with Crippen molar-refractivity contribution < 1.29 is 4.21 Å². The number of pyridine rings is 1. The van der Waals surface area contributed by atoms with Gasteiger partial charge in [-0.3, -0.25) is 4.98 Å². The lowest BCUT2D eigenvalue weighted by Gasteiger charge is -2.01. The van der Waals surface area contributed by atoms with E-state index in [9.17, 15) is 4.21 Å². The topological polar surface area (TPSA) is 42.3 Å². The van der Waals surface area contributed by atoms with Crippen LogP contribution in [0.1, 0.15) is 0 Å². The molecule has 1 atom stereocenters. The first kappa shape index (κ1) is 7.82. The first-order valence-corrected chi connectivity index (χ1v) is 5.39. The fraction of sp³-hybridized carbons (Fsp3) is 0. The number of hydrogen-bond donors (Lipinski definition) is 0. The largest absolute Gasteiger partial charge is 0.264 e. The van der Waals surface area contributed by atoms with Crippen molar-refractivity contribution in [1.29, 1.82) is 0 Å². The van der Waals surface area contributed by atoms with Gasteiger partial charge in [-0.1, -0.05) is 6.07 Å². The Hall–Kier alpha value is -1.55. The molecule has 3 nitrogen and oxygen atoms in total. The molecule has 68 valence electrons. The van der Waals surface area contributed by atoms with Crippen molar-refractivity contribution in [3.63, 3.8) is 0 Å². The average molecular weight is 202 g/mol. The summed E-state index contributed by atoms with van der Waals surface area (Å²) < 4.78 is 11.6. The number of hydrogen-bond acceptors (Lipinski definition) is 3. The molecule has 0 aliphatic carbocycles. The Labute approximate surface area is 83.0 Å². The number of benzene rings is 1. The Morgan fingerprint density at radius 1 is 1.21 bits per heavy atom. The van der Waals surface area contributed by atoms with Gasteiger partial charge in [-0.25, -0.2) is 9.20 Å². The number of rotatable bonds is 0. The summed E-state index contributed by atoms with van der Waals surface area (Å²) in [7, 11) is -1.10. The van der Waals surface area contributed by atoms with Crippen LogP contribution >= 0.6 is 0 Å². The first-order valence-electron chi connectivity index (χ1n) is 4.18. The van der Waals surface area contributed by atoms with Gasteiger partial charge in [0, 0.05) is 17.8 Å². The third kappa shape index (κ3) is 0.943. The van der Waals surface area contributed by atoms with E-state index in [-0.39, 0.29) is 0 Å². The maximum Gasteiger partial charge on any atom is 0.0991 e. The molecular formula is C10H6N2OS. The standard InChI is InChI=1S/C10H6N2OS/c13-14-6-12-9-2-1-7-3-4-11-5-8(7)10(9)14/h1-6H. The molecule has 14 heavy (non-hydrogen) atoms. The second-order valence-corrected chi connectivity index (χ2v) is 4.26. The Balaban J connectivity index is 2.50. The zero-order valence-electron chi connectivity index (χ0n) is 7.18. The quantitative estimate of drug-likeness (QED) is 0.655. The van der Waals surface area contributed by atoms with Crippen molar-refractivity contribution in [1.82, 2.24) is 4.98 Å². The van der Waals surface area contributed by atoms with Gasteiger partial charge in [-0.2, -0.15) is 0 Å². The average Bonchev–Trinajstić information content (AvgIpc) is 2.61. The van der Waals surface area contributed by atoms with Gasteiger partial charge < -0.3 is 0 Å². The van der Waals surface area contributed by atoms with Gasteiger partial charge in [0.05, 0.1) is 26.9 Å². The van der Waals surface area contributed by atoms with Gasteiger partial charge in [0.15, 0.2) is 0 Å². The smallest absolute Gasteiger partial charge is 0.0991 e. The van der Waals surface area contributed by atoms with Crippen molar-refractivity contribution in [3.8, 4) is 0 Å². The predicted octanol–water partition coefficient (Wildman–Crippen LogP) is 2.02. The molecule has 1 aromatic heterocycles. The Kier molecular flexibility index (Phi) is 1.52. The molecule has 2 aromatic rings. The zero-order chi connectivity index (χ0) is 9.54. The third-order valence-electron chi connectivity index (χ3n) is 2.24. The highest BCUT2D eigenvalue weighted by molar-refractivity contribution is 7.99. The van der Waals surface area contributed by atoms with E-state index >= 15 is 0 Å². The van der Waals surface area contributed by atoms with Gasteiger partial charge in [0.2, 0.25) is 0 Å². The summed E-state index contributed by atoms with van der Waals surface area (Å²) in [4.78, 5) is 8.90. The van der Waals surface area contributed by atoms with Gasteiger partial charge in [0.25, 0.3) is 0 Å². The second-order valence-electron chi connectivity index (χ2n) is 3.04. The molecule has 0 bridgehead atoms. The molecule has 1 aliphatic rings. The summed E-state index contributed by atoms with van der Waals surface area (Å²) in [6, 6.07) is 5.76. The number of fused-ring (bicyclic) bond motifs is 3.